The SMILES string of the molecule is Cc1cc(C)cc(-c2cc3c4cccc5c6cc7ccccc7c7c(c2)c3n(c45)c67)c1. The van der Waals surface area contributed by atoms with Gasteiger partial charge >= 0.3 is 0 Å². The van der Waals surface area contributed by atoms with Crippen molar-refractivity contribution >= 4 is 59.6 Å². The Morgan fingerprint density at radius 1 is 0.484 bits per heavy atom. The van der Waals surface area contributed by atoms with E-state index in [0.29, 0.717) is 0 Å². The van der Waals surface area contributed by atoms with Crippen LogP contribution in [0.15, 0.2) is 78.9 Å². The van der Waals surface area contributed by atoms with Gasteiger partial charge < -0.3 is 4.40 Å². The Kier molecular flexibility index (Phi) is 2.60. The predicted octanol–water partition coefficient (Wildman–Crippen LogP) is 8.30. The predicted molar refractivity (Wildman–Crippen MR) is 133 cm³/mol. The minimum absolute atomic E-state index is 1.31. The van der Waals surface area contributed by atoms with E-state index in [0.717, 1.165) is 0 Å². The third-order valence-electron chi connectivity index (χ3n) is 7.24. The van der Waals surface area contributed by atoms with Crippen LogP contribution in [0.2, 0.25) is 0 Å². The van der Waals surface area contributed by atoms with E-state index in [1.54, 1.807) is 0 Å². The summed E-state index contributed by atoms with van der Waals surface area (Å²) in [7, 11) is 0. The van der Waals surface area contributed by atoms with Crippen molar-refractivity contribution in [3.05, 3.63) is 90.0 Å². The molecule has 8 aromatic rings. The summed E-state index contributed by atoms with van der Waals surface area (Å²) in [5.74, 6) is 0. The topological polar surface area (TPSA) is 4.41 Å². The number of nitrogens with zero attached hydrogens (tertiary/aromatic N) is 1. The molecule has 1 heteroatoms. The molecule has 0 aliphatic heterocycles. The molecular weight excluding hydrogens is 374 g/mol. The van der Waals surface area contributed by atoms with Gasteiger partial charge in [0.2, 0.25) is 0 Å². The molecule has 5 aromatic carbocycles. The van der Waals surface area contributed by atoms with Gasteiger partial charge in [0.05, 0.1) is 16.6 Å². The van der Waals surface area contributed by atoms with Crippen molar-refractivity contribution in [3.63, 3.8) is 0 Å². The van der Waals surface area contributed by atoms with Crippen molar-refractivity contribution in [1.29, 1.82) is 0 Å². The average molecular weight is 393 g/mol. The van der Waals surface area contributed by atoms with Gasteiger partial charge in [0.25, 0.3) is 0 Å². The van der Waals surface area contributed by atoms with Crippen molar-refractivity contribution in [1.82, 2.24) is 4.40 Å². The number of fused-ring (bicyclic) bond motifs is 5. The first-order valence-corrected chi connectivity index (χ1v) is 11.0. The van der Waals surface area contributed by atoms with Crippen LogP contribution in [0.4, 0.5) is 0 Å². The van der Waals surface area contributed by atoms with Crippen molar-refractivity contribution < 1.29 is 0 Å². The van der Waals surface area contributed by atoms with Crippen molar-refractivity contribution in [2.24, 2.45) is 0 Å². The first-order valence-electron chi connectivity index (χ1n) is 11.0. The highest BCUT2D eigenvalue weighted by molar-refractivity contribution is 6.38. The lowest BCUT2D eigenvalue weighted by Gasteiger charge is -2.07. The second-order valence-electron chi connectivity index (χ2n) is 9.20. The number of aromatic nitrogens is 1. The van der Waals surface area contributed by atoms with Gasteiger partial charge in [-0.3, -0.25) is 0 Å². The molecule has 8 rings (SSSR count). The molecule has 3 heterocycles. The van der Waals surface area contributed by atoms with Crippen LogP contribution >= 0.6 is 0 Å². The zero-order valence-corrected chi connectivity index (χ0v) is 17.5. The Hall–Kier alpha value is -3.84. The van der Waals surface area contributed by atoms with E-state index in [9.17, 15) is 0 Å². The van der Waals surface area contributed by atoms with Crippen molar-refractivity contribution in [3.8, 4) is 11.1 Å². The third-order valence-corrected chi connectivity index (χ3v) is 7.24. The van der Waals surface area contributed by atoms with Crippen LogP contribution in [0.1, 0.15) is 11.1 Å². The third kappa shape index (κ3) is 1.76. The monoisotopic (exact) mass is 393 g/mol. The fraction of sp³-hybridized carbons (Fsp3) is 0.0667. The van der Waals surface area contributed by atoms with Gasteiger partial charge in [-0.2, -0.15) is 0 Å². The summed E-state index contributed by atoms with van der Waals surface area (Å²) < 4.78 is 2.54. The smallest absolute Gasteiger partial charge is 0.0627 e. The average Bonchev–Trinajstić information content (AvgIpc) is 3.40. The Bertz CT molecular complexity index is 1930. The second kappa shape index (κ2) is 5.07. The van der Waals surface area contributed by atoms with Crippen LogP contribution in [0.25, 0.3) is 70.8 Å². The van der Waals surface area contributed by atoms with Crippen LogP contribution in [0.3, 0.4) is 0 Å². The number of para-hydroxylation sites is 1. The fourth-order valence-electron chi connectivity index (χ4n) is 6.18. The molecule has 1 nitrogen and oxygen atoms in total. The van der Waals surface area contributed by atoms with Crippen LogP contribution in [0, 0.1) is 13.8 Å². The minimum Gasteiger partial charge on any atom is -0.307 e. The minimum atomic E-state index is 1.31. The molecule has 0 radical (unpaired) electrons. The van der Waals surface area contributed by atoms with E-state index in [4.69, 9.17) is 0 Å². The molecule has 3 aromatic heterocycles. The quantitative estimate of drug-likeness (QED) is 0.264. The van der Waals surface area contributed by atoms with Gasteiger partial charge in [-0.25, -0.2) is 0 Å². The summed E-state index contributed by atoms with van der Waals surface area (Å²) >= 11 is 0. The zero-order chi connectivity index (χ0) is 20.4. The normalized spacial score (nSPS) is 12.8. The maximum absolute atomic E-state index is 2.54. The van der Waals surface area contributed by atoms with Gasteiger partial charge in [-0.15, -0.1) is 0 Å². The zero-order valence-electron chi connectivity index (χ0n) is 17.5. The maximum Gasteiger partial charge on any atom is 0.0627 e. The Balaban J connectivity index is 1.70. The molecule has 0 saturated carbocycles. The molecule has 0 N–H and O–H groups in total. The molecule has 0 fully saturated rings. The van der Waals surface area contributed by atoms with Crippen LogP contribution < -0.4 is 0 Å². The standard InChI is InChI=1S/C30H19N/c1-16-10-17(2)12-19(11-16)20-14-24-22-8-5-9-23-25-13-18-6-3-4-7-21(18)27-26(15-20)29(24)31(28(22)23)30(25)27/h3-15H,1-2H3. The molecular formula is C30H19N. The molecule has 0 atom stereocenters. The molecule has 0 spiro atoms. The Morgan fingerprint density at radius 2 is 1.10 bits per heavy atom. The van der Waals surface area contributed by atoms with E-state index in [2.05, 4.69) is 97.1 Å². The molecule has 0 saturated heterocycles. The Labute approximate surface area is 179 Å². The highest BCUT2D eigenvalue weighted by Gasteiger charge is 2.25. The highest BCUT2D eigenvalue weighted by atomic mass is 14.9. The summed E-state index contributed by atoms with van der Waals surface area (Å²) in [6, 6.07) is 29.8. The van der Waals surface area contributed by atoms with E-state index < -0.39 is 0 Å². The summed E-state index contributed by atoms with van der Waals surface area (Å²) in [5, 5.41) is 10.9. The molecule has 31 heavy (non-hydrogen) atoms. The lowest BCUT2D eigenvalue weighted by Crippen LogP contribution is -1.83. The van der Waals surface area contributed by atoms with Crippen LogP contribution in [0.5, 0.6) is 0 Å². The van der Waals surface area contributed by atoms with Crippen LogP contribution in [-0.4, -0.2) is 4.40 Å². The number of hydrogen-bond donors (Lipinski definition) is 0. The maximum atomic E-state index is 2.54. The Morgan fingerprint density at radius 3 is 1.90 bits per heavy atom. The van der Waals surface area contributed by atoms with Gasteiger partial charge in [0.1, 0.15) is 0 Å². The number of hydrogen-bond acceptors (Lipinski definition) is 0. The number of aryl methyl sites for hydroxylation is 2. The van der Waals surface area contributed by atoms with Crippen molar-refractivity contribution in [2.75, 3.05) is 0 Å². The van der Waals surface area contributed by atoms with Gasteiger partial charge in [0, 0.05) is 32.3 Å². The summed E-state index contributed by atoms with van der Waals surface area (Å²) in [4.78, 5) is 0. The van der Waals surface area contributed by atoms with Gasteiger partial charge in [-0.05, 0) is 53.9 Å². The van der Waals surface area contributed by atoms with E-state index in [-0.39, 0.29) is 0 Å². The molecule has 0 unspecified atom stereocenters. The van der Waals surface area contributed by atoms with Gasteiger partial charge in [-0.1, -0.05) is 71.8 Å². The van der Waals surface area contributed by atoms with Gasteiger partial charge in [0.15, 0.2) is 0 Å². The lowest BCUT2D eigenvalue weighted by molar-refractivity contribution is 1.38. The molecule has 0 bridgehead atoms. The molecule has 0 aliphatic carbocycles. The largest absolute Gasteiger partial charge is 0.307 e. The first kappa shape index (κ1) is 15.9. The second-order valence-corrected chi connectivity index (χ2v) is 9.20. The van der Waals surface area contributed by atoms with E-state index in [1.807, 2.05) is 0 Å². The van der Waals surface area contributed by atoms with Crippen molar-refractivity contribution in [2.45, 2.75) is 13.8 Å². The van der Waals surface area contributed by atoms with E-state index >= 15 is 0 Å². The highest BCUT2D eigenvalue weighted by Crippen LogP contribution is 2.49. The summed E-state index contributed by atoms with van der Waals surface area (Å²) in [5.41, 5.74) is 9.37. The first-order chi connectivity index (χ1) is 15.2. The molecule has 0 amide bonds. The lowest BCUT2D eigenvalue weighted by atomic mass is 9.96. The number of benzene rings is 5. The number of rotatable bonds is 1. The summed E-state index contributed by atoms with van der Waals surface area (Å²) in [6.07, 6.45) is 0. The fourth-order valence-corrected chi connectivity index (χ4v) is 6.18. The molecule has 0 aliphatic rings. The molecule has 144 valence electrons. The van der Waals surface area contributed by atoms with Crippen LogP contribution in [-0.2, 0) is 0 Å². The van der Waals surface area contributed by atoms with E-state index in [1.165, 1.54) is 81.9 Å². The summed E-state index contributed by atoms with van der Waals surface area (Å²) in [6.45, 7) is 4.38.